The van der Waals surface area contributed by atoms with E-state index in [-0.39, 0.29) is 105 Å². The molecule has 27 heteroatoms. The van der Waals surface area contributed by atoms with Gasteiger partial charge < -0.3 is 33.2 Å². The summed E-state index contributed by atoms with van der Waals surface area (Å²) < 4.78 is 4.09. The molecule has 0 amide bonds. The highest BCUT2D eigenvalue weighted by Gasteiger charge is 2.48. The van der Waals surface area contributed by atoms with Gasteiger partial charge >= 0.3 is 0 Å². The standard InChI is InChI=1S/C20H15N27/c1-20(2-27-11-33-5(21)39-17-40-6(22)34-12(28-2)45(11)17,3-29-13-35-7(23)41-18-42-8(24)36-14(30-3)46(13)18)4-31-15-37-9(25)43-19-44-10(26)38-16(32-4)47(15)19/h1H3,(H4,21,22,27,28,33,34,39,40)(H4,23,24,29,30,35,36,41,42)(H4,25,26,31,32,37,38,43,44). The Balaban J connectivity index is 1.34. The first kappa shape index (κ1) is 25.7. The van der Waals surface area contributed by atoms with Crippen LogP contribution in [-0.4, -0.2) is 90.5 Å². The van der Waals surface area contributed by atoms with Crippen LogP contribution < -0.4 is 50.0 Å². The summed E-state index contributed by atoms with van der Waals surface area (Å²) in [6, 6.07) is 0. The number of nitrogens with two attached hydrogens (primary N) is 3. The average Bonchev–Trinajstić information content (AvgIpc) is 2.98. The van der Waals surface area contributed by atoms with Gasteiger partial charge in [-0.2, -0.15) is 74.8 Å². The van der Waals surface area contributed by atoms with Gasteiger partial charge in [-0.25, -0.2) is 13.2 Å². The maximum atomic E-state index is 8.15. The number of aliphatic imine (C=N–C) groups is 3. The minimum atomic E-state index is -1.63. The van der Waals surface area contributed by atoms with Crippen LogP contribution in [0.4, 0.5) is 53.5 Å². The largest absolute Gasteiger partial charge is 0.368 e. The molecule has 0 atom stereocenters. The second-order valence-corrected chi connectivity index (χ2v) is 10.0. The Morgan fingerprint density at radius 1 is 0.468 bits per heavy atom. The highest BCUT2D eigenvalue weighted by molar-refractivity contribution is 6.35. The van der Waals surface area contributed by atoms with Crippen LogP contribution in [0.2, 0.25) is 0 Å². The summed E-state index contributed by atoms with van der Waals surface area (Å²) in [5.41, 5.74) is 15.2. The van der Waals surface area contributed by atoms with E-state index in [1.807, 2.05) is 0 Å². The number of nitrogens with one attached hydrogen (secondary N) is 6. The highest BCUT2D eigenvalue weighted by Crippen LogP contribution is 2.36. The van der Waals surface area contributed by atoms with Gasteiger partial charge in [-0.3, -0.25) is 16.2 Å². The molecule has 9 rings (SSSR count). The van der Waals surface area contributed by atoms with Gasteiger partial charge in [0.1, 0.15) is 22.9 Å². The molecule has 27 nitrogen and oxygen atoms in total. The number of aromatic nitrogens is 15. The normalized spacial score (nSPS) is 15.6. The lowest BCUT2D eigenvalue weighted by atomic mass is 9.84. The van der Waals surface area contributed by atoms with Crippen LogP contribution in [0.3, 0.4) is 0 Å². The van der Waals surface area contributed by atoms with Gasteiger partial charge in [0.2, 0.25) is 87.7 Å². The molecular formula is C20H15N27. The molecule has 230 valence electrons. The van der Waals surface area contributed by atoms with Gasteiger partial charge in [-0.15, -0.1) is 0 Å². The number of hydrogen-bond acceptors (Lipinski definition) is 24. The van der Waals surface area contributed by atoms with E-state index in [2.05, 4.69) is 75.8 Å². The molecule has 3 aliphatic rings. The predicted octanol–water partition coefficient (Wildman–Crippen LogP) is -3.86. The first-order valence-electron chi connectivity index (χ1n) is 13.1. The lowest BCUT2D eigenvalue weighted by Crippen LogP contribution is -2.54. The lowest BCUT2D eigenvalue weighted by molar-refractivity contribution is 0.794. The van der Waals surface area contributed by atoms with Crippen LogP contribution >= 0.6 is 0 Å². The molecule has 0 bridgehead atoms. The Kier molecular flexibility index (Phi) is 4.63. The summed E-state index contributed by atoms with van der Waals surface area (Å²) in [6.45, 7) is 1.66. The summed E-state index contributed by atoms with van der Waals surface area (Å²) in [5, 5.41) is 33.8. The van der Waals surface area contributed by atoms with Crippen molar-refractivity contribution in [1.82, 2.24) is 73.0 Å². The Labute approximate surface area is 255 Å². The molecular weight excluding hydrogens is 618 g/mol. The second-order valence-electron chi connectivity index (χ2n) is 10.0. The smallest absolute Gasteiger partial charge is 0.248 e. The molecule has 0 saturated carbocycles. The lowest BCUT2D eigenvalue weighted by Gasteiger charge is -2.37. The van der Waals surface area contributed by atoms with Crippen LogP contribution in [0, 0.1) is 21.6 Å². The third kappa shape index (κ3) is 3.60. The van der Waals surface area contributed by atoms with Gasteiger partial charge in [0.05, 0.1) is 0 Å². The zero-order valence-corrected chi connectivity index (χ0v) is 23.3. The SMILES string of the molecule is CC(C1=Nc2nc(=N)nc3nc(N)nc(n23)N1)(C1=Nc2nc(=N)nc3nc(N)nc(n23)N1)C1=Nc2nc(=N)nc3nc(N)nc(n23)N1. The van der Waals surface area contributed by atoms with Crippen molar-refractivity contribution in [2.24, 2.45) is 20.4 Å². The fourth-order valence-electron chi connectivity index (χ4n) is 5.09. The summed E-state index contributed by atoms with van der Waals surface area (Å²) >= 11 is 0. The van der Waals surface area contributed by atoms with E-state index >= 15 is 0 Å². The van der Waals surface area contributed by atoms with Crippen molar-refractivity contribution in [1.29, 1.82) is 16.2 Å². The fraction of sp³-hybridized carbons (Fsp3) is 0.100. The molecule has 0 unspecified atom stereocenters. The van der Waals surface area contributed by atoms with E-state index in [1.165, 1.54) is 13.2 Å². The van der Waals surface area contributed by atoms with E-state index in [9.17, 15) is 0 Å². The van der Waals surface area contributed by atoms with Crippen molar-refractivity contribution in [3.05, 3.63) is 16.9 Å². The number of nitrogen functional groups attached to an aromatic ring is 3. The zero-order valence-electron chi connectivity index (χ0n) is 23.3. The maximum absolute atomic E-state index is 8.15. The molecule has 0 aliphatic carbocycles. The molecule has 6 aromatic rings. The molecule has 0 spiro atoms. The number of rotatable bonds is 3. The molecule has 47 heavy (non-hydrogen) atoms. The third-order valence-corrected chi connectivity index (χ3v) is 7.12. The maximum Gasteiger partial charge on any atom is 0.248 e. The molecule has 0 fully saturated rings. The summed E-state index contributed by atoms with van der Waals surface area (Å²) in [4.78, 5) is 63.9. The average molecular weight is 634 g/mol. The molecule has 6 aromatic heterocycles. The van der Waals surface area contributed by atoms with Gasteiger partial charge in [0, 0.05) is 0 Å². The number of nitrogens with zero attached hydrogens (tertiary/aromatic N) is 18. The number of anilines is 6. The van der Waals surface area contributed by atoms with Crippen molar-refractivity contribution in [3.63, 3.8) is 0 Å². The van der Waals surface area contributed by atoms with E-state index in [0.717, 1.165) is 0 Å². The Morgan fingerprint density at radius 3 is 1.06 bits per heavy atom. The first-order chi connectivity index (χ1) is 22.5. The molecule has 0 radical (unpaired) electrons. The number of hydrogen-bond donors (Lipinski definition) is 9. The van der Waals surface area contributed by atoms with E-state index < -0.39 is 5.41 Å². The predicted molar refractivity (Wildman–Crippen MR) is 157 cm³/mol. The Hall–Kier alpha value is -7.74. The molecule has 9 heterocycles. The van der Waals surface area contributed by atoms with Gasteiger partial charge in [-0.1, -0.05) is 0 Å². The van der Waals surface area contributed by atoms with Gasteiger partial charge in [0.25, 0.3) is 0 Å². The molecule has 0 aromatic carbocycles. The van der Waals surface area contributed by atoms with Crippen LogP contribution in [-0.2, 0) is 0 Å². The van der Waals surface area contributed by atoms with E-state index in [0.29, 0.717) is 0 Å². The van der Waals surface area contributed by atoms with Crippen molar-refractivity contribution < 1.29 is 0 Å². The summed E-state index contributed by atoms with van der Waals surface area (Å²) in [6.07, 6.45) is 0. The number of amidine groups is 3. The molecule has 12 N–H and O–H groups in total. The highest BCUT2D eigenvalue weighted by atomic mass is 15.4. The summed E-state index contributed by atoms with van der Waals surface area (Å²) in [5.74, 6) is 0.0817. The van der Waals surface area contributed by atoms with Crippen molar-refractivity contribution in [2.45, 2.75) is 6.92 Å². The first-order valence-corrected chi connectivity index (χ1v) is 13.1. The zero-order chi connectivity index (χ0) is 32.4. The van der Waals surface area contributed by atoms with Gasteiger partial charge in [-0.05, 0) is 6.92 Å². The third-order valence-electron chi connectivity index (χ3n) is 7.12. The quantitative estimate of drug-likeness (QED) is 0.0899. The van der Waals surface area contributed by atoms with Crippen molar-refractivity contribution in [3.8, 4) is 0 Å². The fourth-order valence-corrected chi connectivity index (χ4v) is 5.09. The van der Waals surface area contributed by atoms with Crippen molar-refractivity contribution in [2.75, 3.05) is 33.2 Å². The van der Waals surface area contributed by atoms with E-state index in [1.54, 1.807) is 6.92 Å². The van der Waals surface area contributed by atoms with Crippen LogP contribution in [0.1, 0.15) is 6.92 Å². The van der Waals surface area contributed by atoms with Crippen LogP contribution in [0.5, 0.6) is 0 Å². The monoisotopic (exact) mass is 633 g/mol. The minimum Gasteiger partial charge on any atom is -0.368 e. The summed E-state index contributed by atoms with van der Waals surface area (Å²) in [7, 11) is 0. The van der Waals surface area contributed by atoms with Crippen LogP contribution in [0.25, 0.3) is 17.3 Å². The topological polar surface area (TPSA) is 391 Å². The van der Waals surface area contributed by atoms with Gasteiger partial charge in [0.15, 0.2) is 0 Å². The molecule has 3 aliphatic heterocycles. The van der Waals surface area contributed by atoms with E-state index in [4.69, 9.17) is 48.4 Å². The van der Waals surface area contributed by atoms with Crippen molar-refractivity contribution >= 4 is 88.4 Å². The Morgan fingerprint density at radius 2 is 0.766 bits per heavy atom. The molecule has 0 saturated heterocycles. The van der Waals surface area contributed by atoms with Crippen LogP contribution in [0.15, 0.2) is 15.0 Å². The second kappa shape index (κ2) is 8.46. The Bertz CT molecular complexity index is 2430. The minimum absolute atomic E-state index is 0.0217.